The average molecular weight is 398 g/mol. The Labute approximate surface area is 165 Å². The lowest BCUT2D eigenvalue weighted by Gasteiger charge is -2.09. The number of thioether (sulfide) groups is 1. The lowest BCUT2D eigenvalue weighted by atomic mass is 10.2. The van der Waals surface area contributed by atoms with Gasteiger partial charge >= 0.3 is 0 Å². The summed E-state index contributed by atoms with van der Waals surface area (Å²) in [4.78, 5) is 41.3. The fourth-order valence-electron chi connectivity index (χ4n) is 2.70. The van der Waals surface area contributed by atoms with Gasteiger partial charge in [0, 0.05) is 19.5 Å². The summed E-state index contributed by atoms with van der Waals surface area (Å²) >= 11 is 1.21. The first kappa shape index (κ1) is 19.6. The van der Waals surface area contributed by atoms with Gasteiger partial charge in [-0.05, 0) is 24.6 Å². The quantitative estimate of drug-likeness (QED) is 0.613. The van der Waals surface area contributed by atoms with Crippen molar-refractivity contribution in [3.63, 3.8) is 0 Å². The fraction of sp³-hybridized carbons (Fsp3) is 0.211. The van der Waals surface area contributed by atoms with Gasteiger partial charge in [0.2, 0.25) is 11.8 Å². The first-order valence-corrected chi connectivity index (χ1v) is 9.36. The number of nitro benzene ring substituents is 1. The molecule has 3 rings (SSSR count). The van der Waals surface area contributed by atoms with E-state index < -0.39 is 16.1 Å². The first-order valence-electron chi connectivity index (χ1n) is 8.48. The van der Waals surface area contributed by atoms with Crippen LogP contribution in [0.15, 0.2) is 53.5 Å². The van der Waals surface area contributed by atoms with E-state index in [0.29, 0.717) is 5.17 Å². The molecule has 1 N–H and O–H groups in total. The lowest BCUT2D eigenvalue weighted by molar-refractivity contribution is -0.383. The van der Waals surface area contributed by atoms with E-state index in [-0.39, 0.29) is 23.7 Å². The van der Waals surface area contributed by atoms with Crippen molar-refractivity contribution in [2.75, 3.05) is 12.4 Å². The predicted molar refractivity (Wildman–Crippen MR) is 109 cm³/mol. The van der Waals surface area contributed by atoms with Crippen molar-refractivity contribution in [3.05, 3.63) is 64.2 Å². The number of nitrogens with one attached hydrogen (secondary N) is 1. The van der Waals surface area contributed by atoms with Gasteiger partial charge in [-0.1, -0.05) is 42.1 Å². The number of carbonyl (C=O) groups excluding carboxylic acids is 2. The van der Waals surface area contributed by atoms with Crippen molar-refractivity contribution < 1.29 is 14.5 Å². The average Bonchev–Trinajstić information content (AvgIpc) is 2.91. The number of anilines is 1. The number of hydrogen-bond donors (Lipinski definition) is 1. The van der Waals surface area contributed by atoms with Crippen LogP contribution in [0.5, 0.6) is 0 Å². The van der Waals surface area contributed by atoms with Crippen LogP contribution < -0.4 is 5.32 Å². The molecule has 2 amide bonds. The molecule has 9 heteroatoms. The molecule has 0 bridgehead atoms. The summed E-state index contributed by atoms with van der Waals surface area (Å²) in [7, 11) is 1.62. The van der Waals surface area contributed by atoms with E-state index in [0.717, 1.165) is 11.3 Å². The van der Waals surface area contributed by atoms with Crippen molar-refractivity contribution in [2.24, 2.45) is 4.99 Å². The van der Waals surface area contributed by atoms with Gasteiger partial charge in [0.05, 0.1) is 10.6 Å². The summed E-state index contributed by atoms with van der Waals surface area (Å²) in [6, 6.07) is 13.4. The Morgan fingerprint density at radius 2 is 1.93 bits per heavy atom. The molecule has 2 aromatic rings. The number of amidine groups is 1. The molecule has 1 fully saturated rings. The standard InChI is InChI=1S/C19H18N4O4S/c1-12-7-3-4-8-13(12)21-19-22(2)18(25)16(28-19)11-17(24)20-14-9-5-6-10-15(14)23(26)27/h3-10,16H,11H2,1-2H3,(H,20,24). The summed E-state index contributed by atoms with van der Waals surface area (Å²) in [6.45, 7) is 1.93. The molecule has 1 heterocycles. The van der Waals surface area contributed by atoms with E-state index in [1.807, 2.05) is 31.2 Å². The number of nitrogens with zero attached hydrogens (tertiary/aromatic N) is 3. The number of hydrogen-bond acceptors (Lipinski definition) is 6. The van der Waals surface area contributed by atoms with Crippen LogP contribution in [-0.2, 0) is 9.59 Å². The zero-order valence-electron chi connectivity index (χ0n) is 15.3. The van der Waals surface area contributed by atoms with Crippen LogP contribution in [0.3, 0.4) is 0 Å². The molecule has 1 unspecified atom stereocenters. The Morgan fingerprint density at radius 1 is 1.25 bits per heavy atom. The van der Waals surface area contributed by atoms with Crippen LogP contribution in [0.2, 0.25) is 0 Å². The van der Waals surface area contributed by atoms with Crippen molar-refractivity contribution >= 4 is 45.8 Å². The highest BCUT2D eigenvalue weighted by molar-refractivity contribution is 8.15. The molecule has 1 aliphatic heterocycles. The molecule has 0 saturated carbocycles. The minimum absolute atomic E-state index is 0.104. The van der Waals surface area contributed by atoms with Gasteiger partial charge in [-0.25, -0.2) is 4.99 Å². The van der Waals surface area contributed by atoms with Gasteiger partial charge in [0.15, 0.2) is 5.17 Å². The summed E-state index contributed by atoms with van der Waals surface area (Å²) in [5.74, 6) is -0.694. The second kappa shape index (κ2) is 8.22. The molecule has 1 saturated heterocycles. The SMILES string of the molecule is Cc1ccccc1N=C1SC(CC(=O)Nc2ccccc2[N+](=O)[O-])C(=O)N1C. The van der Waals surface area contributed by atoms with Crippen LogP contribution >= 0.6 is 11.8 Å². The predicted octanol–water partition coefficient (Wildman–Crippen LogP) is 3.49. The third kappa shape index (κ3) is 4.20. The van der Waals surface area contributed by atoms with Gasteiger partial charge < -0.3 is 5.32 Å². The van der Waals surface area contributed by atoms with Crippen molar-refractivity contribution in [3.8, 4) is 0 Å². The number of rotatable bonds is 5. The Balaban J connectivity index is 1.72. The molecule has 28 heavy (non-hydrogen) atoms. The molecule has 0 radical (unpaired) electrons. The molecule has 0 aliphatic carbocycles. The number of aryl methyl sites for hydroxylation is 1. The summed E-state index contributed by atoms with van der Waals surface area (Å²) in [5.41, 5.74) is 1.65. The zero-order valence-corrected chi connectivity index (χ0v) is 16.1. The van der Waals surface area contributed by atoms with E-state index in [1.165, 1.54) is 34.9 Å². The maximum Gasteiger partial charge on any atom is 0.292 e. The van der Waals surface area contributed by atoms with Crippen molar-refractivity contribution in [2.45, 2.75) is 18.6 Å². The number of benzene rings is 2. The monoisotopic (exact) mass is 398 g/mol. The minimum Gasteiger partial charge on any atom is -0.320 e. The summed E-state index contributed by atoms with van der Waals surface area (Å²) < 4.78 is 0. The van der Waals surface area contributed by atoms with E-state index in [2.05, 4.69) is 10.3 Å². The van der Waals surface area contributed by atoms with Crippen LogP contribution in [0.1, 0.15) is 12.0 Å². The molecule has 0 aromatic heterocycles. The van der Waals surface area contributed by atoms with Crippen LogP contribution in [0.4, 0.5) is 17.1 Å². The van der Waals surface area contributed by atoms with Crippen molar-refractivity contribution in [1.82, 2.24) is 4.90 Å². The normalized spacial score (nSPS) is 17.8. The third-order valence-corrected chi connectivity index (χ3v) is 5.45. The Morgan fingerprint density at radius 3 is 2.64 bits per heavy atom. The number of aliphatic imine (C=N–C) groups is 1. The molecule has 0 spiro atoms. The molecular formula is C19H18N4O4S. The molecule has 1 atom stereocenters. The zero-order chi connectivity index (χ0) is 20.3. The smallest absolute Gasteiger partial charge is 0.292 e. The maximum atomic E-state index is 12.5. The summed E-state index contributed by atoms with van der Waals surface area (Å²) in [5, 5.41) is 13.5. The molecular weight excluding hydrogens is 380 g/mol. The number of para-hydroxylation sites is 3. The summed E-state index contributed by atoms with van der Waals surface area (Å²) in [6.07, 6.45) is -0.104. The second-order valence-corrected chi connectivity index (χ2v) is 7.38. The highest BCUT2D eigenvalue weighted by Crippen LogP contribution is 2.32. The van der Waals surface area contributed by atoms with Gasteiger partial charge in [-0.15, -0.1) is 0 Å². The Bertz CT molecular complexity index is 976. The largest absolute Gasteiger partial charge is 0.320 e. The molecule has 8 nitrogen and oxygen atoms in total. The molecule has 144 valence electrons. The molecule has 1 aliphatic rings. The van der Waals surface area contributed by atoms with Crippen molar-refractivity contribution in [1.29, 1.82) is 0 Å². The van der Waals surface area contributed by atoms with Crippen LogP contribution in [-0.4, -0.2) is 39.1 Å². The van der Waals surface area contributed by atoms with Crippen LogP contribution in [0, 0.1) is 17.0 Å². The van der Waals surface area contributed by atoms with E-state index >= 15 is 0 Å². The second-order valence-electron chi connectivity index (χ2n) is 6.21. The van der Waals surface area contributed by atoms with E-state index in [9.17, 15) is 19.7 Å². The van der Waals surface area contributed by atoms with Gasteiger partial charge in [0.1, 0.15) is 10.9 Å². The number of carbonyl (C=O) groups is 2. The van der Waals surface area contributed by atoms with Gasteiger partial charge in [-0.3, -0.25) is 24.6 Å². The molecule has 2 aromatic carbocycles. The number of amides is 2. The first-order chi connectivity index (χ1) is 13.4. The minimum atomic E-state index is -0.629. The maximum absolute atomic E-state index is 12.5. The van der Waals surface area contributed by atoms with Crippen LogP contribution in [0.25, 0.3) is 0 Å². The lowest BCUT2D eigenvalue weighted by Crippen LogP contribution is -2.30. The highest BCUT2D eigenvalue weighted by atomic mass is 32.2. The highest BCUT2D eigenvalue weighted by Gasteiger charge is 2.37. The number of nitro groups is 1. The van der Waals surface area contributed by atoms with Gasteiger partial charge in [-0.2, -0.15) is 0 Å². The van der Waals surface area contributed by atoms with E-state index in [1.54, 1.807) is 13.1 Å². The topological polar surface area (TPSA) is 105 Å². The van der Waals surface area contributed by atoms with Gasteiger partial charge in [0.25, 0.3) is 5.69 Å². The Hall–Kier alpha value is -3.20. The Kier molecular flexibility index (Phi) is 5.74. The third-order valence-electron chi connectivity index (χ3n) is 4.22. The van der Waals surface area contributed by atoms with E-state index in [4.69, 9.17) is 0 Å². The fourth-order valence-corrected chi connectivity index (χ4v) is 3.84.